The first-order valence-electron chi connectivity index (χ1n) is 7.63. The van der Waals surface area contributed by atoms with Crippen molar-refractivity contribution in [2.45, 2.75) is 13.8 Å². The van der Waals surface area contributed by atoms with E-state index in [1.54, 1.807) is 6.07 Å². The quantitative estimate of drug-likeness (QED) is 0.852. The molecule has 0 saturated carbocycles. The highest BCUT2D eigenvalue weighted by Crippen LogP contribution is 2.19. The van der Waals surface area contributed by atoms with Gasteiger partial charge in [-0.05, 0) is 48.7 Å². The van der Waals surface area contributed by atoms with Crippen LogP contribution >= 0.6 is 0 Å². The number of aromatic nitrogens is 1. The minimum absolute atomic E-state index is 0.0181. The zero-order chi connectivity index (χ0) is 18.6. The maximum atomic E-state index is 12.2. The number of aromatic amines is 1. The number of H-pyrrole nitrogens is 1. The summed E-state index contributed by atoms with van der Waals surface area (Å²) in [5.41, 5.74) is 3.23. The normalized spacial score (nSPS) is 11.6. The maximum Gasteiger partial charge on any atom is 0.261 e. The van der Waals surface area contributed by atoms with E-state index in [4.69, 9.17) is 0 Å². The van der Waals surface area contributed by atoms with Gasteiger partial charge in [-0.1, -0.05) is 18.2 Å². The Balaban J connectivity index is 2.16. The summed E-state index contributed by atoms with van der Waals surface area (Å²) in [5.74, 6) is -0.564. The topological polar surface area (TPSA) is 96.1 Å². The summed E-state index contributed by atoms with van der Waals surface area (Å²) in [6.07, 6.45) is 2.37. The molecule has 2 N–H and O–H groups in total. The van der Waals surface area contributed by atoms with Crippen molar-refractivity contribution in [2.75, 3.05) is 12.8 Å². The number of aryl methyl sites for hydroxylation is 2. The standard InChI is InChI=1S/C18H20N2O4S/c1-12-5-6-14(11-13(12)2)16-8-7-15(18(22)20-16)17(21)19-9-4-10-25(3,23)24/h4-8,10-11H,9H2,1-3H3,(H,19,21)(H,20,22)/b10-4-. The molecule has 6 nitrogen and oxygen atoms in total. The van der Waals surface area contributed by atoms with Gasteiger partial charge in [-0.2, -0.15) is 0 Å². The molecule has 0 unspecified atom stereocenters. The molecule has 7 heteroatoms. The molecular weight excluding hydrogens is 340 g/mol. The van der Waals surface area contributed by atoms with Gasteiger partial charge < -0.3 is 10.3 Å². The Kier molecular flexibility index (Phi) is 5.58. The average molecular weight is 360 g/mol. The Labute approximate surface area is 146 Å². The van der Waals surface area contributed by atoms with Crippen molar-refractivity contribution in [1.29, 1.82) is 0 Å². The van der Waals surface area contributed by atoms with E-state index in [2.05, 4.69) is 10.3 Å². The maximum absolute atomic E-state index is 12.2. The minimum Gasteiger partial charge on any atom is -0.348 e. The van der Waals surface area contributed by atoms with Gasteiger partial charge in [-0.3, -0.25) is 9.59 Å². The third-order valence-electron chi connectivity index (χ3n) is 3.70. The van der Waals surface area contributed by atoms with Crippen LogP contribution in [-0.2, 0) is 9.84 Å². The van der Waals surface area contributed by atoms with E-state index in [1.165, 1.54) is 12.1 Å². The summed E-state index contributed by atoms with van der Waals surface area (Å²) >= 11 is 0. The number of hydrogen-bond donors (Lipinski definition) is 2. The number of benzene rings is 1. The lowest BCUT2D eigenvalue weighted by atomic mass is 10.0. The van der Waals surface area contributed by atoms with E-state index in [0.29, 0.717) is 5.69 Å². The summed E-state index contributed by atoms with van der Waals surface area (Å²) in [5, 5.41) is 3.48. The SMILES string of the molecule is Cc1ccc(-c2ccc(C(=O)NC/C=C\S(C)(=O)=O)c(=O)[nH]2)cc1C. The predicted molar refractivity (Wildman–Crippen MR) is 98.3 cm³/mol. The van der Waals surface area contributed by atoms with Crippen LogP contribution in [0.15, 0.2) is 46.6 Å². The lowest BCUT2D eigenvalue weighted by Crippen LogP contribution is -2.29. The lowest BCUT2D eigenvalue weighted by Gasteiger charge is -2.07. The van der Waals surface area contributed by atoms with Crippen molar-refractivity contribution < 1.29 is 13.2 Å². The van der Waals surface area contributed by atoms with Gasteiger partial charge in [0, 0.05) is 23.9 Å². The second-order valence-electron chi connectivity index (χ2n) is 5.83. The van der Waals surface area contributed by atoms with E-state index >= 15 is 0 Å². The van der Waals surface area contributed by atoms with Gasteiger partial charge in [0.1, 0.15) is 5.56 Å². The third kappa shape index (κ3) is 5.15. The molecule has 1 amide bonds. The predicted octanol–water partition coefficient (Wildman–Crippen LogP) is 1.95. The van der Waals surface area contributed by atoms with Gasteiger partial charge in [0.25, 0.3) is 11.5 Å². The van der Waals surface area contributed by atoms with Crippen LogP contribution in [0, 0.1) is 13.8 Å². The van der Waals surface area contributed by atoms with Crippen molar-refractivity contribution in [3.63, 3.8) is 0 Å². The van der Waals surface area contributed by atoms with Crippen molar-refractivity contribution in [2.24, 2.45) is 0 Å². The summed E-state index contributed by atoms with van der Waals surface area (Å²) < 4.78 is 21.9. The first kappa shape index (κ1) is 18.7. The third-order valence-corrected chi connectivity index (χ3v) is 4.38. The highest BCUT2D eigenvalue weighted by molar-refractivity contribution is 7.93. The molecule has 1 aromatic heterocycles. The fourth-order valence-corrected chi connectivity index (χ4v) is 2.65. The fourth-order valence-electron chi connectivity index (χ4n) is 2.20. The summed E-state index contributed by atoms with van der Waals surface area (Å²) in [4.78, 5) is 26.9. The van der Waals surface area contributed by atoms with Gasteiger partial charge in [-0.15, -0.1) is 0 Å². The second kappa shape index (κ2) is 7.48. The monoisotopic (exact) mass is 360 g/mol. The van der Waals surface area contributed by atoms with Gasteiger partial charge >= 0.3 is 0 Å². The van der Waals surface area contributed by atoms with Crippen molar-refractivity contribution in [1.82, 2.24) is 10.3 Å². The van der Waals surface area contributed by atoms with E-state index in [9.17, 15) is 18.0 Å². The zero-order valence-corrected chi connectivity index (χ0v) is 15.1. The number of carbonyl (C=O) groups excluding carboxylic acids is 1. The molecule has 0 radical (unpaired) electrons. The Bertz CT molecular complexity index is 988. The number of nitrogens with one attached hydrogen (secondary N) is 2. The molecule has 0 saturated heterocycles. The summed E-state index contributed by atoms with van der Waals surface area (Å²) in [6, 6.07) is 8.98. The van der Waals surface area contributed by atoms with Crippen molar-refractivity contribution in [3.8, 4) is 11.3 Å². The molecule has 0 atom stereocenters. The smallest absolute Gasteiger partial charge is 0.261 e. The first-order chi connectivity index (χ1) is 11.7. The molecule has 0 bridgehead atoms. The molecule has 0 spiro atoms. The zero-order valence-electron chi connectivity index (χ0n) is 14.3. The van der Waals surface area contributed by atoms with E-state index in [0.717, 1.165) is 28.4 Å². The highest BCUT2D eigenvalue weighted by atomic mass is 32.2. The highest BCUT2D eigenvalue weighted by Gasteiger charge is 2.11. The van der Waals surface area contributed by atoms with Gasteiger partial charge in [-0.25, -0.2) is 8.42 Å². The van der Waals surface area contributed by atoms with Crippen LogP contribution in [0.25, 0.3) is 11.3 Å². The van der Waals surface area contributed by atoms with E-state index in [-0.39, 0.29) is 12.1 Å². The molecule has 2 aromatic rings. The molecule has 0 aliphatic rings. The minimum atomic E-state index is -3.24. The molecule has 2 rings (SSSR count). The van der Waals surface area contributed by atoms with Gasteiger partial charge in [0.05, 0.1) is 0 Å². The lowest BCUT2D eigenvalue weighted by molar-refractivity contribution is 0.0956. The Morgan fingerprint density at radius 1 is 1.16 bits per heavy atom. The Morgan fingerprint density at radius 2 is 1.88 bits per heavy atom. The summed E-state index contributed by atoms with van der Waals surface area (Å²) in [6.45, 7) is 4.01. The summed E-state index contributed by atoms with van der Waals surface area (Å²) in [7, 11) is -3.24. The number of rotatable bonds is 5. The molecule has 1 aromatic carbocycles. The Hall–Kier alpha value is -2.67. The van der Waals surface area contributed by atoms with Crippen LogP contribution in [0.5, 0.6) is 0 Å². The van der Waals surface area contributed by atoms with Crippen LogP contribution in [0.3, 0.4) is 0 Å². The molecule has 1 heterocycles. The number of amides is 1. The number of carbonyl (C=O) groups is 1. The molecule has 132 valence electrons. The van der Waals surface area contributed by atoms with Crippen molar-refractivity contribution in [3.05, 3.63) is 68.9 Å². The fraction of sp³-hybridized carbons (Fsp3) is 0.222. The first-order valence-corrected chi connectivity index (χ1v) is 9.58. The number of hydrogen-bond acceptors (Lipinski definition) is 4. The van der Waals surface area contributed by atoms with Crippen molar-refractivity contribution >= 4 is 15.7 Å². The van der Waals surface area contributed by atoms with Gasteiger partial charge in [0.15, 0.2) is 9.84 Å². The van der Waals surface area contributed by atoms with Crippen LogP contribution in [0.4, 0.5) is 0 Å². The Morgan fingerprint density at radius 3 is 2.48 bits per heavy atom. The number of pyridine rings is 1. The van der Waals surface area contributed by atoms with Crippen LogP contribution < -0.4 is 10.9 Å². The largest absolute Gasteiger partial charge is 0.348 e. The van der Waals surface area contributed by atoms with E-state index < -0.39 is 21.3 Å². The average Bonchev–Trinajstić information content (AvgIpc) is 2.53. The molecule has 25 heavy (non-hydrogen) atoms. The molecular formula is C18H20N2O4S. The van der Waals surface area contributed by atoms with Crippen LogP contribution in [-0.4, -0.2) is 32.1 Å². The van der Waals surface area contributed by atoms with Crippen LogP contribution in [0.1, 0.15) is 21.5 Å². The molecule has 0 fully saturated rings. The van der Waals surface area contributed by atoms with Gasteiger partial charge in [0.2, 0.25) is 0 Å². The molecule has 0 aliphatic carbocycles. The number of sulfone groups is 1. The van der Waals surface area contributed by atoms with Crippen LogP contribution in [0.2, 0.25) is 0 Å². The molecule has 0 aliphatic heterocycles. The second-order valence-corrected chi connectivity index (χ2v) is 7.76. The van der Waals surface area contributed by atoms with E-state index in [1.807, 2.05) is 32.0 Å².